The molecule has 2 aromatic heterocycles. The number of nitrogens with zero attached hydrogens (tertiary/aromatic N) is 4. The summed E-state index contributed by atoms with van der Waals surface area (Å²) in [5.41, 5.74) is 1.04. The highest BCUT2D eigenvalue weighted by molar-refractivity contribution is 5.76. The molecule has 1 atom stereocenters. The number of likely N-dealkylation sites (tertiary alicyclic amines) is 1. The number of rotatable bonds is 4. The zero-order valence-electron chi connectivity index (χ0n) is 11.4. The summed E-state index contributed by atoms with van der Waals surface area (Å²) in [6, 6.07) is 2.12. The standard InChI is InChI=1S/C14H19N5O/c20-14(5-9-18-10-7-15-11-18)19-8-2-1-3-13(19)12-4-6-16-17-12/h4,6-7,10-11,13H,1-3,5,8-9H2,(H,16,17)/t13-/m0/s1. The number of H-pyrrole nitrogens is 1. The Morgan fingerprint density at radius 2 is 2.35 bits per heavy atom. The van der Waals surface area contributed by atoms with E-state index >= 15 is 0 Å². The lowest BCUT2D eigenvalue weighted by Gasteiger charge is -2.35. The second kappa shape index (κ2) is 5.90. The SMILES string of the molecule is O=C(CCn1ccnc1)N1CCCC[C@H]1c1ccn[nH]1. The largest absolute Gasteiger partial charge is 0.337 e. The number of aromatic nitrogens is 4. The van der Waals surface area contributed by atoms with E-state index in [2.05, 4.69) is 15.2 Å². The van der Waals surface area contributed by atoms with Crippen molar-refractivity contribution in [2.45, 2.75) is 38.3 Å². The van der Waals surface area contributed by atoms with Gasteiger partial charge < -0.3 is 9.47 Å². The molecule has 1 N–H and O–H groups in total. The number of hydrogen-bond acceptors (Lipinski definition) is 3. The molecule has 2 aromatic rings. The van der Waals surface area contributed by atoms with Crippen molar-refractivity contribution in [3.05, 3.63) is 36.7 Å². The van der Waals surface area contributed by atoms with Gasteiger partial charge in [0.05, 0.1) is 18.1 Å². The quantitative estimate of drug-likeness (QED) is 0.923. The Morgan fingerprint density at radius 1 is 1.40 bits per heavy atom. The lowest BCUT2D eigenvalue weighted by Crippen LogP contribution is -2.39. The first kappa shape index (κ1) is 12.9. The van der Waals surface area contributed by atoms with E-state index in [1.807, 2.05) is 21.7 Å². The van der Waals surface area contributed by atoms with Crippen LogP contribution in [0, 0.1) is 0 Å². The van der Waals surface area contributed by atoms with E-state index in [9.17, 15) is 4.79 Å². The number of hydrogen-bond donors (Lipinski definition) is 1. The molecule has 0 saturated carbocycles. The maximum Gasteiger partial charge on any atom is 0.224 e. The summed E-state index contributed by atoms with van der Waals surface area (Å²) < 4.78 is 1.94. The summed E-state index contributed by atoms with van der Waals surface area (Å²) in [4.78, 5) is 18.4. The van der Waals surface area contributed by atoms with E-state index in [-0.39, 0.29) is 11.9 Å². The molecule has 106 valence electrons. The molecule has 6 nitrogen and oxygen atoms in total. The topological polar surface area (TPSA) is 66.8 Å². The molecule has 0 unspecified atom stereocenters. The van der Waals surface area contributed by atoms with E-state index in [0.717, 1.165) is 31.5 Å². The molecule has 1 fully saturated rings. The maximum atomic E-state index is 12.5. The van der Waals surface area contributed by atoms with Gasteiger partial charge in [0.2, 0.25) is 5.91 Å². The van der Waals surface area contributed by atoms with Crippen LogP contribution in [0.3, 0.4) is 0 Å². The Morgan fingerprint density at radius 3 is 3.10 bits per heavy atom. The summed E-state index contributed by atoms with van der Waals surface area (Å²) in [5.74, 6) is 0.206. The van der Waals surface area contributed by atoms with Crippen LogP contribution in [0.5, 0.6) is 0 Å². The van der Waals surface area contributed by atoms with Gasteiger partial charge in [-0.05, 0) is 25.3 Å². The monoisotopic (exact) mass is 273 g/mol. The highest BCUT2D eigenvalue weighted by Crippen LogP contribution is 2.30. The highest BCUT2D eigenvalue weighted by atomic mass is 16.2. The molecule has 3 heterocycles. The molecule has 0 aliphatic carbocycles. The number of imidazole rings is 1. The van der Waals surface area contributed by atoms with Crippen LogP contribution in [0.4, 0.5) is 0 Å². The van der Waals surface area contributed by atoms with Crippen LogP contribution < -0.4 is 0 Å². The van der Waals surface area contributed by atoms with Crippen LogP contribution in [0.2, 0.25) is 0 Å². The third kappa shape index (κ3) is 2.74. The minimum atomic E-state index is 0.154. The average molecular weight is 273 g/mol. The van der Waals surface area contributed by atoms with E-state index in [4.69, 9.17) is 0 Å². The number of amides is 1. The first-order valence-corrected chi connectivity index (χ1v) is 7.09. The second-order valence-electron chi connectivity index (χ2n) is 5.16. The third-order valence-electron chi connectivity index (χ3n) is 3.85. The van der Waals surface area contributed by atoms with Crippen molar-refractivity contribution in [3.63, 3.8) is 0 Å². The lowest BCUT2D eigenvalue weighted by atomic mass is 9.99. The van der Waals surface area contributed by atoms with Gasteiger partial charge in [-0.2, -0.15) is 5.10 Å². The van der Waals surface area contributed by atoms with Gasteiger partial charge in [-0.1, -0.05) is 0 Å². The van der Waals surface area contributed by atoms with Crippen LogP contribution >= 0.6 is 0 Å². The molecule has 1 saturated heterocycles. The summed E-state index contributed by atoms with van der Waals surface area (Å²) >= 11 is 0. The van der Waals surface area contributed by atoms with Crippen LogP contribution in [-0.4, -0.2) is 37.1 Å². The summed E-state index contributed by atoms with van der Waals surface area (Å²) in [5, 5.41) is 7.00. The van der Waals surface area contributed by atoms with Crippen LogP contribution in [-0.2, 0) is 11.3 Å². The first-order chi connectivity index (χ1) is 9.84. The summed E-state index contributed by atoms with van der Waals surface area (Å²) in [7, 11) is 0. The predicted molar refractivity (Wildman–Crippen MR) is 73.7 cm³/mol. The van der Waals surface area contributed by atoms with E-state index in [1.54, 1.807) is 18.7 Å². The fraction of sp³-hybridized carbons (Fsp3) is 0.500. The normalized spacial score (nSPS) is 19.2. The molecule has 3 rings (SSSR count). The Hall–Kier alpha value is -2.11. The molecule has 0 spiro atoms. The number of carbonyl (C=O) groups is 1. The number of aromatic amines is 1. The fourth-order valence-corrected chi connectivity index (χ4v) is 2.79. The van der Waals surface area contributed by atoms with Crippen molar-refractivity contribution in [1.29, 1.82) is 0 Å². The number of nitrogens with one attached hydrogen (secondary N) is 1. The molecule has 0 aromatic carbocycles. The molecule has 20 heavy (non-hydrogen) atoms. The van der Waals surface area contributed by atoms with Gasteiger partial charge in [-0.15, -0.1) is 0 Å². The molecule has 6 heteroatoms. The molecule has 0 bridgehead atoms. The van der Waals surface area contributed by atoms with Crippen molar-refractivity contribution < 1.29 is 4.79 Å². The van der Waals surface area contributed by atoms with Crippen molar-refractivity contribution in [2.24, 2.45) is 0 Å². The van der Waals surface area contributed by atoms with Crippen molar-refractivity contribution in [3.8, 4) is 0 Å². The number of carbonyl (C=O) groups excluding carboxylic acids is 1. The predicted octanol–water partition coefficient (Wildman–Crippen LogP) is 1.75. The lowest BCUT2D eigenvalue weighted by molar-refractivity contribution is -0.135. The minimum Gasteiger partial charge on any atom is -0.337 e. The third-order valence-corrected chi connectivity index (χ3v) is 3.85. The molecule has 1 amide bonds. The second-order valence-corrected chi connectivity index (χ2v) is 5.16. The highest BCUT2D eigenvalue weighted by Gasteiger charge is 2.28. The van der Waals surface area contributed by atoms with Gasteiger partial charge in [-0.3, -0.25) is 9.89 Å². The molecule has 0 radical (unpaired) electrons. The van der Waals surface area contributed by atoms with Crippen LogP contribution in [0.15, 0.2) is 31.0 Å². The van der Waals surface area contributed by atoms with Gasteiger partial charge in [-0.25, -0.2) is 4.98 Å². The van der Waals surface area contributed by atoms with E-state index in [0.29, 0.717) is 13.0 Å². The van der Waals surface area contributed by atoms with Gasteiger partial charge in [0, 0.05) is 38.1 Å². The summed E-state index contributed by atoms with van der Waals surface area (Å²) in [6.07, 6.45) is 10.9. The van der Waals surface area contributed by atoms with Gasteiger partial charge in [0.1, 0.15) is 0 Å². The van der Waals surface area contributed by atoms with Crippen molar-refractivity contribution >= 4 is 5.91 Å². The molecular formula is C14H19N5O. The van der Waals surface area contributed by atoms with Crippen LogP contribution in [0.1, 0.15) is 37.4 Å². The molecule has 1 aliphatic rings. The van der Waals surface area contributed by atoms with Crippen molar-refractivity contribution in [2.75, 3.05) is 6.54 Å². The van der Waals surface area contributed by atoms with Gasteiger partial charge in [0.15, 0.2) is 0 Å². The Labute approximate surface area is 117 Å². The van der Waals surface area contributed by atoms with Gasteiger partial charge >= 0.3 is 0 Å². The summed E-state index contributed by atoms with van der Waals surface area (Å²) in [6.45, 7) is 1.53. The minimum absolute atomic E-state index is 0.154. The Balaban J connectivity index is 1.65. The Kier molecular flexibility index (Phi) is 3.80. The molecular weight excluding hydrogens is 254 g/mol. The molecule has 1 aliphatic heterocycles. The Bertz CT molecular complexity index is 534. The van der Waals surface area contributed by atoms with Crippen molar-refractivity contribution in [1.82, 2.24) is 24.6 Å². The van der Waals surface area contributed by atoms with Gasteiger partial charge in [0.25, 0.3) is 0 Å². The van der Waals surface area contributed by atoms with E-state index < -0.39 is 0 Å². The maximum absolute atomic E-state index is 12.5. The number of aryl methyl sites for hydroxylation is 1. The van der Waals surface area contributed by atoms with Crippen LogP contribution in [0.25, 0.3) is 0 Å². The zero-order valence-corrected chi connectivity index (χ0v) is 11.4. The number of piperidine rings is 1. The fourth-order valence-electron chi connectivity index (χ4n) is 2.79. The average Bonchev–Trinajstić information content (AvgIpc) is 3.18. The van der Waals surface area contributed by atoms with E-state index in [1.165, 1.54) is 0 Å². The zero-order chi connectivity index (χ0) is 13.8. The first-order valence-electron chi connectivity index (χ1n) is 7.09. The smallest absolute Gasteiger partial charge is 0.224 e.